The van der Waals surface area contributed by atoms with Crippen LogP contribution >= 0.6 is 11.6 Å². The van der Waals surface area contributed by atoms with Crippen LogP contribution in [0.1, 0.15) is 33.3 Å². The molecule has 1 amide bonds. The molecule has 1 heterocycles. The number of aryl methyl sites for hydroxylation is 1. The fraction of sp³-hybridized carbons (Fsp3) is 0.100. The molecule has 7 heteroatoms. The van der Waals surface area contributed by atoms with E-state index < -0.39 is 0 Å². The van der Waals surface area contributed by atoms with E-state index in [9.17, 15) is 9.59 Å². The summed E-state index contributed by atoms with van der Waals surface area (Å²) in [4.78, 5) is 32.0. The van der Waals surface area contributed by atoms with E-state index in [-0.39, 0.29) is 17.4 Å². The number of aromatic nitrogens is 2. The maximum Gasteiger partial charge on any atom is 0.275 e. The third kappa shape index (κ3) is 4.68. The van der Waals surface area contributed by atoms with Crippen molar-refractivity contribution in [3.05, 3.63) is 76.7 Å². The highest BCUT2D eigenvalue weighted by molar-refractivity contribution is 6.31. The molecule has 0 atom stereocenters. The van der Waals surface area contributed by atoms with Crippen LogP contribution in [0.4, 0.5) is 17.2 Å². The lowest BCUT2D eigenvalue weighted by atomic mass is 10.1. The predicted octanol–water partition coefficient (Wildman–Crippen LogP) is 4.64. The fourth-order valence-electron chi connectivity index (χ4n) is 2.36. The third-order valence-corrected chi connectivity index (χ3v) is 4.13. The molecule has 0 aliphatic carbocycles. The van der Waals surface area contributed by atoms with Gasteiger partial charge in [0.15, 0.2) is 5.78 Å². The number of carbonyl (C=O) groups excluding carboxylic acids is 2. The number of rotatable bonds is 5. The maximum atomic E-state index is 12.3. The van der Waals surface area contributed by atoms with Crippen molar-refractivity contribution in [1.82, 2.24) is 9.97 Å². The molecule has 1 aromatic heterocycles. The van der Waals surface area contributed by atoms with E-state index in [1.807, 2.05) is 13.0 Å². The summed E-state index contributed by atoms with van der Waals surface area (Å²) >= 11 is 5.96. The minimum atomic E-state index is -0.370. The Kier molecular flexibility index (Phi) is 5.47. The van der Waals surface area contributed by atoms with Gasteiger partial charge in [0, 0.05) is 22.0 Å². The molecule has 0 aliphatic heterocycles. The average molecular weight is 381 g/mol. The van der Waals surface area contributed by atoms with Gasteiger partial charge in [0.1, 0.15) is 11.5 Å². The summed E-state index contributed by atoms with van der Waals surface area (Å²) in [5.41, 5.74) is 3.11. The van der Waals surface area contributed by atoms with Crippen molar-refractivity contribution >= 4 is 40.5 Å². The summed E-state index contributed by atoms with van der Waals surface area (Å²) in [7, 11) is 0. The second-order valence-corrected chi connectivity index (χ2v) is 6.40. The molecule has 0 unspecified atom stereocenters. The van der Waals surface area contributed by atoms with E-state index in [2.05, 4.69) is 20.6 Å². The number of benzene rings is 2. The van der Waals surface area contributed by atoms with Crippen molar-refractivity contribution in [2.24, 2.45) is 0 Å². The molecule has 0 bridgehead atoms. The number of amides is 1. The van der Waals surface area contributed by atoms with Gasteiger partial charge in [-0.1, -0.05) is 17.7 Å². The van der Waals surface area contributed by atoms with Gasteiger partial charge < -0.3 is 10.6 Å². The van der Waals surface area contributed by atoms with Crippen LogP contribution in [0.15, 0.2) is 54.9 Å². The lowest BCUT2D eigenvalue weighted by Crippen LogP contribution is -2.15. The summed E-state index contributed by atoms with van der Waals surface area (Å²) < 4.78 is 0. The summed E-state index contributed by atoms with van der Waals surface area (Å²) in [5, 5.41) is 6.38. The molecular weight excluding hydrogens is 364 g/mol. The van der Waals surface area contributed by atoms with Crippen molar-refractivity contribution in [3.63, 3.8) is 0 Å². The molecule has 136 valence electrons. The molecule has 0 radical (unpaired) electrons. The Morgan fingerprint density at radius 3 is 2.37 bits per heavy atom. The van der Waals surface area contributed by atoms with E-state index in [1.165, 1.54) is 19.3 Å². The minimum absolute atomic E-state index is 0.00615. The second kappa shape index (κ2) is 7.97. The summed E-state index contributed by atoms with van der Waals surface area (Å²) in [6.45, 7) is 3.39. The third-order valence-electron chi connectivity index (χ3n) is 3.90. The number of carbonyl (C=O) groups is 2. The number of ketones is 1. The molecule has 2 aromatic carbocycles. The zero-order chi connectivity index (χ0) is 19.4. The lowest BCUT2D eigenvalue weighted by Gasteiger charge is -2.09. The Morgan fingerprint density at radius 1 is 1.00 bits per heavy atom. The summed E-state index contributed by atoms with van der Waals surface area (Å²) in [5.74, 6) is 0.123. The van der Waals surface area contributed by atoms with Crippen LogP contribution in [0, 0.1) is 6.92 Å². The van der Waals surface area contributed by atoms with Crippen LogP contribution in [-0.2, 0) is 0 Å². The molecular formula is C20H17ClN4O2. The molecule has 0 fully saturated rings. The first-order valence-corrected chi connectivity index (χ1v) is 8.58. The van der Waals surface area contributed by atoms with Crippen LogP contribution in [-0.4, -0.2) is 21.7 Å². The van der Waals surface area contributed by atoms with E-state index in [0.29, 0.717) is 22.1 Å². The Balaban J connectivity index is 1.68. The van der Waals surface area contributed by atoms with Crippen molar-refractivity contribution in [1.29, 1.82) is 0 Å². The SMILES string of the molecule is CC(=O)c1ccc(Nc2cnc(C(=O)Nc3cc(Cl)ccc3C)cn2)cc1. The van der Waals surface area contributed by atoms with Gasteiger partial charge in [-0.2, -0.15) is 0 Å². The molecule has 0 saturated carbocycles. The van der Waals surface area contributed by atoms with E-state index in [1.54, 1.807) is 36.4 Å². The smallest absolute Gasteiger partial charge is 0.275 e. The first kappa shape index (κ1) is 18.5. The van der Waals surface area contributed by atoms with Crippen molar-refractivity contribution < 1.29 is 9.59 Å². The number of nitrogens with zero attached hydrogens (tertiary/aromatic N) is 2. The molecule has 3 rings (SSSR count). The van der Waals surface area contributed by atoms with Crippen LogP contribution in [0.25, 0.3) is 0 Å². The average Bonchev–Trinajstić information content (AvgIpc) is 2.65. The number of Topliss-reactive ketones (excluding diaryl/α,β-unsaturated/α-hetero) is 1. The first-order valence-electron chi connectivity index (χ1n) is 8.20. The van der Waals surface area contributed by atoms with E-state index in [0.717, 1.165) is 11.3 Å². The number of hydrogen-bond acceptors (Lipinski definition) is 5. The molecule has 6 nitrogen and oxygen atoms in total. The number of hydrogen-bond donors (Lipinski definition) is 2. The largest absolute Gasteiger partial charge is 0.339 e. The van der Waals surface area contributed by atoms with Gasteiger partial charge in [0.25, 0.3) is 5.91 Å². The van der Waals surface area contributed by atoms with Gasteiger partial charge in [-0.15, -0.1) is 0 Å². The second-order valence-electron chi connectivity index (χ2n) is 5.96. The van der Waals surface area contributed by atoms with E-state index >= 15 is 0 Å². The first-order chi connectivity index (χ1) is 12.9. The molecule has 3 aromatic rings. The Bertz CT molecular complexity index is 986. The molecule has 0 spiro atoms. The van der Waals surface area contributed by atoms with Crippen LogP contribution in [0.2, 0.25) is 5.02 Å². The Morgan fingerprint density at radius 2 is 1.74 bits per heavy atom. The highest BCUT2D eigenvalue weighted by Gasteiger charge is 2.10. The van der Waals surface area contributed by atoms with Gasteiger partial charge >= 0.3 is 0 Å². The lowest BCUT2D eigenvalue weighted by molar-refractivity contribution is 0.101. The maximum absolute atomic E-state index is 12.3. The van der Waals surface area contributed by atoms with E-state index in [4.69, 9.17) is 11.6 Å². The number of anilines is 3. The van der Waals surface area contributed by atoms with Gasteiger partial charge in [0.2, 0.25) is 0 Å². The molecule has 27 heavy (non-hydrogen) atoms. The Labute approximate surface area is 161 Å². The zero-order valence-electron chi connectivity index (χ0n) is 14.8. The van der Waals surface area contributed by atoms with Gasteiger partial charge in [0.05, 0.1) is 12.4 Å². The molecule has 0 aliphatic rings. The zero-order valence-corrected chi connectivity index (χ0v) is 15.5. The summed E-state index contributed by atoms with van der Waals surface area (Å²) in [6, 6.07) is 12.3. The van der Waals surface area contributed by atoms with Gasteiger partial charge in [-0.05, 0) is 55.8 Å². The minimum Gasteiger partial charge on any atom is -0.339 e. The van der Waals surface area contributed by atoms with Crippen molar-refractivity contribution in [2.45, 2.75) is 13.8 Å². The standard InChI is InChI=1S/C20H17ClN4O2/c1-12-3-6-15(21)9-17(12)25-20(27)18-10-23-19(11-22-18)24-16-7-4-14(5-8-16)13(2)26/h3-11H,1-2H3,(H,23,24)(H,25,27). The van der Waals surface area contributed by atoms with Crippen molar-refractivity contribution in [2.75, 3.05) is 10.6 Å². The quantitative estimate of drug-likeness (QED) is 0.630. The normalized spacial score (nSPS) is 10.3. The van der Waals surface area contributed by atoms with Crippen LogP contribution in [0.5, 0.6) is 0 Å². The fourth-order valence-corrected chi connectivity index (χ4v) is 2.53. The van der Waals surface area contributed by atoms with Crippen LogP contribution < -0.4 is 10.6 Å². The number of halogens is 1. The monoisotopic (exact) mass is 380 g/mol. The number of nitrogens with one attached hydrogen (secondary N) is 2. The van der Waals surface area contributed by atoms with Gasteiger partial charge in [-0.3, -0.25) is 9.59 Å². The van der Waals surface area contributed by atoms with Gasteiger partial charge in [-0.25, -0.2) is 9.97 Å². The highest BCUT2D eigenvalue weighted by atomic mass is 35.5. The molecule has 0 saturated heterocycles. The topological polar surface area (TPSA) is 84.0 Å². The highest BCUT2D eigenvalue weighted by Crippen LogP contribution is 2.21. The predicted molar refractivity (Wildman–Crippen MR) is 106 cm³/mol. The van der Waals surface area contributed by atoms with Crippen LogP contribution in [0.3, 0.4) is 0 Å². The molecule has 2 N–H and O–H groups in total. The summed E-state index contributed by atoms with van der Waals surface area (Å²) in [6.07, 6.45) is 2.86. The van der Waals surface area contributed by atoms with Crippen molar-refractivity contribution in [3.8, 4) is 0 Å². The Hall–Kier alpha value is -3.25.